The molecule has 3 aromatic rings. The summed E-state index contributed by atoms with van der Waals surface area (Å²) in [6, 6.07) is 17.2. The maximum Gasteiger partial charge on any atom is 0.209 e. The van der Waals surface area contributed by atoms with Crippen molar-refractivity contribution in [3.8, 4) is 0 Å². The van der Waals surface area contributed by atoms with Crippen LogP contribution in [0.4, 0.5) is 4.39 Å². The molecule has 1 heterocycles. The van der Waals surface area contributed by atoms with Crippen molar-refractivity contribution in [2.75, 3.05) is 6.54 Å². The number of tetrazole rings is 1. The Hall–Kier alpha value is -2.60. The number of nitrogens with one attached hydrogen (secondary N) is 1. The molecule has 0 bridgehead atoms. The minimum absolute atomic E-state index is 0.172. The first kappa shape index (κ1) is 19.2. The van der Waals surface area contributed by atoms with Gasteiger partial charge in [-0.15, -0.1) is 5.10 Å². The summed E-state index contributed by atoms with van der Waals surface area (Å²) < 4.78 is 15.0. The van der Waals surface area contributed by atoms with Crippen LogP contribution in [0.25, 0.3) is 0 Å². The number of halogens is 1. The van der Waals surface area contributed by atoms with Crippen LogP contribution >= 0.6 is 0 Å². The molecule has 6 heteroatoms. The third-order valence-corrected chi connectivity index (χ3v) is 4.92. The molecule has 27 heavy (non-hydrogen) atoms. The predicted octanol–water partition coefficient (Wildman–Crippen LogP) is 2.66. The van der Waals surface area contributed by atoms with Gasteiger partial charge in [-0.3, -0.25) is 0 Å². The van der Waals surface area contributed by atoms with E-state index in [1.807, 2.05) is 10.7 Å². The zero-order chi connectivity index (χ0) is 19.2. The molecule has 0 fully saturated rings. The van der Waals surface area contributed by atoms with E-state index in [0.29, 0.717) is 12.5 Å². The summed E-state index contributed by atoms with van der Waals surface area (Å²) in [5, 5.41) is 12.5. The Bertz CT molecular complexity index is 829. The molecule has 142 valence electrons. The van der Waals surface area contributed by atoms with Gasteiger partial charge in [0, 0.05) is 11.5 Å². The SMILES string of the molecule is CC[NH+](Cc1ccccc1)[C@@H](c1nnnn1Cc1ccc(F)cc1)C(C)C. The summed E-state index contributed by atoms with van der Waals surface area (Å²) >= 11 is 0. The molecule has 0 amide bonds. The second-order valence-corrected chi connectivity index (χ2v) is 7.22. The van der Waals surface area contributed by atoms with Gasteiger partial charge >= 0.3 is 0 Å². The van der Waals surface area contributed by atoms with E-state index >= 15 is 0 Å². The fourth-order valence-electron chi connectivity index (χ4n) is 3.57. The third kappa shape index (κ3) is 4.77. The lowest BCUT2D eigenvalue weighted by molar-refractivity contribution is -0.948. The minimum atomic E-state index is -0.236. The number of benzene rings is 2. The van der Waals surface area contributed by atoms with Crippen LogP contribution in [0.5, 0.6) is 0 Å². The molecule has 3 rings (SSSR count). The van der Waals surface area contributed by atoms with Gasteiger partial charge in [0.15, 0.2) is 6.04 Å². The van der Waals surface area contributed by atoms with Crippen molar-refractivity contribution >= 4 is 0 Å². The van der Waals surface area contributed by atoms with Crippen molar-refractivity contribution in [1.29, 1.82) is 0 Å². The highest BCUT2D eigenvalue weighted by Crippen LogP contribution is 2.17. The Morgan fingerprint density at radius 3 is 2.33 bits per heavy atom. The molecular weight excluding hydrogens is 341 g/mol. The molecule has 1 N–H and O–H groups in total. The summed E-state index contributed by atoms with van der Waals surface area (Å²) in [5.74, 6) is 1.02. The minimum Gasteiger partial charge on any atom is -0.322 e. The summed E-state index contributed by atoms with van der Waals surface area (Å²) in [7, 11) is 0. The Morgan fingerprint density at radius 1 is 1.00 bits per heavy atom. The second-order valence-electron chi connectivity index (χ2n) is 7.22. The highest BCUT2D eigenvalue weighted by Gasteiger charge is 2.32. The average Bonchev–Trinajstić information content (AvgIpc) is 3.11. The first-order valence-electron chi connectivity index (χ1n) is 9.47. The average molecular weight is 368 g/mol. The van der Waals surface area contributed by atoms with E-state index in [0.717, 1.165) is 24.5 Å². The lowest BCUT2D eigenvalue weighted by atomic mass is 10.0. The lowest BCUT2D eigenvalue weighted by Crippen LogP contribution is -3.11. The number of hydrogen-bond donors (Lipinski definition) is 1. The van der Waals surface area contributed by atoms with Crippen molar-refractivity contribution in [2.45, 2.75) is 39.9 Å². The van der Waals surface area contributed by atoms with E-state index in [4.69, 9.17) is 0 Å². The monoisotopic (exact) mass is 368 g/mol. The number of quaternary nitrogens is 1. The Morgan fingerprint density at radius 2 is 1.70 bits per heavy atom. The summed E-state index contributed by atoms with van der Waals surface area (Å²) in [4.78, 5) is 1.42. The molecule has 0 saturated carbocycles. The van der Waals surface area contributed by atoms with Gasteiger partial charge in [0.2, 0.25) is 5.82 Å². The molecule has 0 radical (unpaired) electrons. The normalized spacial score (nSPS) is 13.7. The van der Waals surface area contributed by atoms with Crippen LogP contribution in [0.1, 0.15) is 43.8 Å². The van der Waals surface area contributed by atoms with E-state index in [9.17, 15) is 4.39 Å². The van der Waals surface area contributed by atoms with Gasteiger partial charge in [-0.2, -0.15) is 0 Å². The maximum absolute atomic E-state index is 13.2. The van der Waals surface area contributed by atoms with Gasteiger partial charge in [-0.25, -0.2) is 9.07 Å². The van der Waals surface area contributed by atoms with Gasteiger partial charge in [-0.05, 0) is 35.0 Å². The highest BCUT2D eigenvalue weighted by molar-refractivity contribution is 5.16. The molecule has 1 unspecified atom stereocenters. The van der Waals surface area contributed by atoms with Gasteiger partial charge < -0.3 is 4.90 Å². The van der Waals surface area contributed by atoms with Gasteiger partial charge in [0.1, 0.15) is 12.4 Å². The van der Waals surface area contributed by atoms with Crippen molar-refractivity contribution in [1.82, 2.24) is 20.2 Å². The Kier molecular flexibility index (Phi) is 6.29. The molecule has 0 spiro atoms. The molecule has 1 aromatic heterocycles. The van der Waals surface area contributed by atoms with Crippen molar-refractivity contribution < 1.29 is 9.29 Å². The van der Waals surface area contributed by atoms with Crippen molar-refractivity contribution in [2.24, 2.45) is 5.92 Å². The van der Waals surface area contributed by atoms with Gasteiger partial charge in [-0.1, -0.05) is 56.3 Å². The fraction of sp³-hybridized carbons (Fsp3) is 0.381. The molecule has 2 atom stereocenters. The first-order valence-corrected chi connectivity index (χ1v) is 9.47. The largest absolute Gasteiger partial charge is 0.322 e. The van der Waals surface area contributed by atoms with Crippen LogP contribution in [-0.2, 0) is 13.1 Å². The summed E-state index contributed by atoms with van der Waals surface area (Å²) in [6.45, 7) is 9.05. The maximum atomic E-state index is 13.2. The molecular formula is C21H27FN5+. The van der Waals surface area contributed by atoms with Gasteiger partial charge in [0.05, 0.1) is 13.1 Å². The number of rotatable bonds is 8. The number of aromatic nitrogens is 4. The molecule has 0 saturated heterocycles. The van der Waals surface area contributed by atoms with Crippen LogP contribution in [0.2, 0.25) is 0 Å². The summed E-state index contributed by atoms with van der Waals surface area (Å²) in [5.41, 5.74) is 2.28. The van der Waals surface area contributed by atoms with E-state index in [1.54, 1.807) is 12.1 Å². The van der Waals surface area contributed by atoms with E-state index in [1.165, 1.54) is 22.6 Å². The second kappa shape index (κ2) is 8.86. The third-order valence-electron chi connectivity index (χ3n) is 4.92. The molecule has 0 aliphatic rings. The number of nitrogens with zero attached hydrogens (tertiary/aromatic N) is 4. The molecule has 5 nitrogen and oxygen atoms in total. The van der Waals surface area contributed by atoms with Crippen molar-refractivity contribution in [3.05, 3.63) is 77.4 Å². The molecule has 0 aliphatic heterocycles. The van der Waals surface area contributed by atoms with Crippen molar-refractivity contribution in [3.63, 3.8) is 0 Å². The van der Waals surface area contributed by atoms with E-state index in [2.05, 4.69) is 60.6 Å². The van der Waals surface area contributed by atoms with E-state index in [-0.39, 0.29) is 11.9 Å². The number of hydrogen-bond acceptors (Lipinski definition) is 3. The topological polar surface area (TPSA) is 48.0 Å². The smallest absolute Gasteiger partial charge is 0.209 e. The van der Waals surface area contributed by atoms with Crippen LogP contribution in [0.3, 0.4) is 0 Å². The Labute approximate surface area is 159 Å². The lowest BCUT2D eigenvalue weighted by Gasteiger charge is -2.29. The first-order chi connectivity index (χ1) is 13.1. The summed E-state index contributed by atoms with van der Waals surface area (Å²) in [6.07, 6.45) is 0. The fourth-order valence-corrected chi connectivity index (χ4v) is 3.57. The zero-order valence-electron chi connectivity index (χ0n) is 16.1. The standard InChI is InChI=1S/C21H26FN5/c1-4-26(14-17-8-6-5-7-9-17)20(16(2)3)21-23-24-25-27(21)15-18-10-12-19(22)13-11-18/h5-13,16,20H,4,14-15H2,1-3H3/p+1/t20-/m1/s1. The van der Waals surface area contributed by atoms with Crippen LogP contribution < -0.4 is 4.90 Å². The molecule has 2 aromatic carbocycles. The molecule has 0 aliphatic carbocycles. The highest BCUT2D eigenvalue weighted by atomic mass is 19.1. The van der Waals surface area contributed by atoms with Crippen LogP contribution in [0, 0.1) is 11.7 Å². The van der Waals surface area contributed by atoms with E-state index < -0.39 is 0 Å². The zero-order valence-corrected chi connectivity index (χ0v) is 16.1. The van der Waals surface area contributed by atoms with Gasteiger partial charge in [0.25, 0.3) is 0 Å². The van der Waals surface area contributed by atoms with Crippen LogP contribution in [0.15, 0.2) is 54.6 Å². The Balaban J connectivity index is 1.86. The quantitative estimate of drug-likeness (QED) is 0.665. The van der Waals surface area contributed by atoms with Crippen LogP contribution in [-0.4, -0.2) is 26.8 Å². The predicted molar refractivity (Wildman–Crippen MR) is 103 cm³/mol.